The van der Waals surface area contributed by atoms with Gasteiger partial charge in [-0.25, -0.2) is 0 Å². The van der Waals surface area contributed by atoms with E-state index in [1.54, 1.807) is 19.4 Å². The summed E-state index contributed by atoms with van der Waals surface area (Å²) in [5.41, 5.74) is 4.81. The largest absolute Gasteiger partial charge is 0.496 e. The van der Waals surface area contributed by atoms with Crippen LogP contribution in [0.25, 0.3) is 33.6 Å². The average molecular weight is 552 g/mol. The summed E-state index contributed by atoms with van der Waals surface area (Å²) in [4.78, 5) is 17.5. The highest BCUT2D eigenvalue weighted by molar-refractivity contribution is 5.98. The van der Waals surface area contributed by atoms with Crippen LogP contribution in [0.4, 0.5) is 0 Å². The maximum absolute atomic E-state index is 13.0. The van der Waals surface area contributed by atoms with Gasteiger partial charge in [0.1, 0.15) is 34.9 Å². The Morgan fingerprint density at radius 3 is 2.63 bits per heavy atom. The number of rotatable bonds is 8. The summed E-state index contributed by atoms with van der Waals surface area (Å²) in [6.07, 6.45) is 5.99. The summed E-state index contributed by atoms with van der Waals surface area (Å²) in [6, 6.07) is 17.2. The molecule has 1 N–H and O–H groups in total. The first-order valence-corrected chi connectivity index (χ1v) is 14.2. The molecule has 0 aliphatic carbocycles. The number of Topliss-reactive ketones (excluding diaryl/α,β-unsaturated/α-hetero) is 1. The summed E-state index contributed by atoms with van der Waals surface area (Å²) in [5, 5.41) is 13.2. The molecule has 2 fully saturated rings. The lowest BCUT2D eigenvalue weighted by Gasteiger charge is -2.23. The lowest BCUT2D eigenvalue weighted by atomic mass is 9.90. The first-order chi connectivity index (χ1) is 20.1. The highest BCUT2D eigenvalue weighted by Crippen LogP contribution is 2.39. The summed E-state index contributed by atoms with van der Waals surface area (Å²) < 4.78 is 23.6. The molecular formula is C33H33N3O5. The van der Waals surface area contributed by atoms with Crippen molar-refractivity contribution in [1.82, 2.24) is 10.3 Å². The van der Waals surface area contributed by atoms with Crippen LogP contribution in [0.5, 0.6) is 11.5 Å². The molecule has 8 heteroatoms. The predicted octanol–water partition coefficient (Wildman–Crippen LogP) is 6.17. The second kappa shape index (κ2) is 12.1. The van der Waals surface area contributed by atoms with Crippen molar-refractivity contribution in [2.45, 2.75) is 38.2 Å². The lowest BCUT2D eigenvalue weighted by Crippen LogP contribution is -2.28. The van der Waals surface area contributed by atoms with Gasteiger partial charge in [0.25, 0.3) is 0 Å². The van der Waals surface area contributed by atoms with Crippen LogP contribution in [0.15, 0.2) is 59.1 Å². The molecule has 0 radical (unpaired) electrons. The minimum Gasteiger partial charge on any atom is -0.496 e. The molecule has 0 saturated carbocycles. The summed E-state index contributed by atoms with van der Waals surface area (Å²) >= 11 is 0. The predicted molar refractivity (Wildman–Crippen MR) is 155 cm³/mol. The summed E-state index contributed by atoms with van der Waals surface area (Å²) in [7, 11) is 1.60. The van der Waals surface area contributed by atoms with E-state index in [4.69, 9.17) is 18.6 Å². The number of aromatic nitrogens is 1. The van der Waals surface area contributed by atoms with Gasteiger partial charge >= 0.3 is 0 Å². The van der Waals surface area contributed by atoms with Crippen LogP contribution in [0.1, 0.15) is 48.0 Å². The van der Waals surface area contributed by atoms with Crippen LogP contribution in [-0.4, -0.2) is 50.3 Å². The third-order valence-corrected chi connectivity index (χ3v) is 8.01. The summed E-state index contributed by atoms with van der Waals surface area (Å²) in [6.45, 7) is 3.27. The van der Waals surface area contributed by atoms with E-state index in [1.165, 1.54) is 0 Å². The van der Waals surface area contributed by atoms with Crippen molar-refractivity contribution in [3.05, 3.63) is 65.9 Å². The second-order valence-electron chi connectivity index (χ2n) is 10.7. The van der Waals surface area contributed by atoms with Gasteiger partial charge in [-0.15, -0.1) is 0 Å². The maximum atomic E-state index is 13.0. The zero-order valence-corrected chi connectivity index (χ0v) is 23.2. The average Bonchev–Trinajstić information content (AvgIpc) is 3.46. The van der Waals surface area contributed by atoms with Crippen molar-refractivity contribution in [3.8, 4) is 40.0 Å². The van der Waals surface area contributed by atoms with Crippen molar-refractivity contribution in [3.63, 3.8) is 0 Å². The number of piperidine rings is 1. The Balaban J connectivity index is 1.28. The quantitative estimate of drug-likeness (QED) is 0.259. The lowest BCUT2D eigenvalue weighted by molar-refractivity contribution is 0.0254. The number of pyridine rings is 1. The molecule has 4 aromatic rings. The van der Waals surface area contributed by atoms with Crippen LogP contribution >= 0.6 is 0 Å². The Bertz CT molecular complexity index is 1590. The third kappa shape index (κ3) is 5.83. The highest BCUT2D eigenvalue weighted by Gasteiger charge is 2.22. The molecule has 2 aromatic heterocycles. The Morgan fingerprint density at radius 2 is 1.85 bits per heavy atom. The van der Waals surface area contributed by atoms with E-state index >= 15 is 0 Å². The zero-order chi connectivity index (χ0) is 28.2. The fourth-order valence-electron chi connectivity index (χ4n) is 5.69. The van der Waals surface area contributed by atoms with Gasteiger partial charge in [-0.3, -0.25) is 9.78 Å². The number of nitrogens with one attached hydrogen (secondary N) is 1. The van der Waals surface area contributed by atoms with E-state index in [1.807, 2.05) is 42.5 Å². The van der Waals surface area contributed by atoms with Crippen molar-refractivity contribution in [1.29, 1.82) is 5.26 Å². The molecule has 2 aromatic carbocycles. The van der Waals surface area contributed by atoms with E-state index in [0.29, 0.717) is 65.0 Å². The van der Waals surface area contributed by atoms with Crippen LogP contribution < -0.4 is 14.8 Å². The minimum absolute atomic E-state index is 0.0446. The molecule has 2 aliphatic heterocycles. The molecule has 2 saturated heterocycles. The van der Waals surface area contributed by atoms with Gasteiger partial charge in [-0.05, 0) is 67.7 Å². The van der Waals surface area contributed by atoms with E-state index in [2.05, 4.69) is 16.4 Å². The van der Waals surface area contributed by atoms with Crippen molar-refractivity contribution < 1.29 is 23.4 Å². The molecule has 41 heavy (non-hydrogen) atoms. The van der Waals surface area contributed by atoms with E-state index in [-0.39, 0.29) is 11.9 Å². The molecule has 8 nitrogen and oxygen atoms in total. The normalized spacial score (nSPS) is 16.4. The van der Waals surface area contributed by atoms with E-state index in [0.717, 1.165) is 55.5 Å². The first-order valence-electron chi connectivity index (χ1n) is 14.2. The van der Waals surface area contributed by atoms with Crippen molar-refractivity contribution >= 4 is 16.9 Å². The fraction of sp³-hybridized carbons (Fsp3) is 0.364. The van der Waals surface area contributed by atoms with E-state index in [9.17, 15) is 10.1 Å². The Labute approximate surface area is 239 Å². The molecule has 210 valence electrons. The maximum Gasteiger partial charge on any atom is 0.163 e. The van der Waals surface area contributed by atoms with Crippen LogP contribution in [0.2, 0.25) is 0 Å². The van der Waals surface area contributed by atoms with Gasteiger partial charge in [0.05, 0.1) is 31.5 Å². The zero-order valence-electron chi connectivity index (χ0n) is 23.2. The number of fused-ring (bicyclic) bond motifs is 1. The molecule has 0 bridgehead atoms. The Kier molecular flexibility index (Phi) is 7.99. The number of nitriles is 1. The first kappa shape index (κ1) is 27.0. The van der Waals surface area contributed by atoms with Crippen LogP contribution in [0.3, 0.4) is 0 Å². The number of benzene rings is 2. The number of methoxy groups -OCH3 is 1. The van der Waals surface area contributed by atoms with Gasteiger partial charge in [0.2, 0.25) is 0 Å². The van der Waals surface area contributed by atoms with Crippen LogP contribution in [0, 0.1) is 17.2 Å². The second-order valence-corrected chi connectivity index (χ2v) is 10.7. The molecule has 0 atom stereocenters. The number of nitrogens with zero attached hydrogens (tertiary/aromatic N) is 2. The van der Waals surface area contributed by atoms with Gasteiger partial charge in [0, 0.05) is 42.7 Å². The molecule has 2 aliphatic rings. The molecule has 0 spiro atoms. The smallest absolute Gasteiger partial charge is 0.163 e. The highest BCUT2D eigenvalue weighted by atomic mass is 16.5. The van der Waals surface area contributed by atoms with Crippen LogP contribution in [-0.2, 0) is 4.74 Å². The van der Waals surface area contributed by atoms with Gasteiger partial charge in [0.15, 0.2) is 11.4 Å². The topological polar surface area (TPSA) is 107 Å². The molecule has 0 amide bonds. The number of furan rings is 1. The number of ether oxygens (including phenoxy) is 3. The summed E-state index contributed by atoms with van der Waals surface area (Å²) in [5.74, 6) is 2.29. The monoisotopic (exact) mass is 551 g/mol. The Hall–Kier alpha value is -4.19. The molecule has 6 rings (SSSR count). The number of hydrogen-bond acceptors (Lipinski definition) is 8. The van der Waals surface area contributed by atoms with Gasteiger partial charge in [-0.1, -0.05) is 12.1 Å². The Morgan fingerprint density at radius 1 is 1.02 bits per heavy atom. The van der Waals surface area contributed by atoms with Crippen molar-refractivity contribution in [2.24, 2.45) is 5.92 Å². The molecule has 0 unspecified atom stereocenters. The minimum atomic E-state index is 0.0446. The number of ketones is 1. The number of carbonyl (C=O) groups excluding carboxylic acids is 1. The molecule has 4 heterocycles. The van der Waals surface area contributed by atoms with E-state index < -0.39 is 0 Å². The molecular weight excluding hydrogens is 518 g/mol. The van der Waals surface area contributed by atoms with Crippen molar-refractivity contribution in [2.75, 3.05) is 33.4 Å². The van der Waals surface area contributed by atoms with Gasteiger partial charge < -0.3 is 23.9 Å². The number of hydrogen-bond donors (Lipinski definition) is 1. The van der Waals surface area contributed by atoms with Gasteiger partial charge in [-0.2, -0.15) is 5.26 Å². The standard InChI is InChI=1S/C33H33N3O5/c1-38-31-18-23(29(37)16-21-6-11-35-12-7-21)2-4-27(31)32-19-28-33(41-32)26(8-13-36-28)22-3-5-30(24(17-22)20-34)40-25-9-14-39-15-10-25/h2-5,8,13,17-19,21,25,35H,6-7,9-12,14-16H2,1H3. The SMILES string of the molecule is COc1cc(C(=O)CC2CCNCC2)ccc1-c1cc2nccc(-c3ccc(OC4CCOCC4)c(C#N)c3)c2o1. The number of carbonyl (C=O) groups is 1. The third-order valence-electron chi connectivity index (χ3n) is 8.01. The fourth-order valence-corrected chi connectivity index (χ4v) is 5.69.